The van der Waals surface area contributed by atoms with Gasteiger partial charge < -0.3 is 16.4 Å². The molecule has 3 aromatic heterocycles. The number of nitrogens with two attached hydrogens (primary N) is 1. The fourth-order valence-corrected chi connectivity index (χ4v) is 3.47. The molecule has 0 aliphatic carbocycles. The van der Waals surface area contributed by atoms with Crippen molar-refractivity contribution in [2.24, 2.45) is 0 Å². The van der Waals surface area contributed by atoms with E-state index in [-0.39, 0.29) is 18.1 Å². The highest BCUT2D eigenvalue weighted by Gasteiger charge is 2.16. The lowest BCUT2D eigenvalue weighted by Gasteiger charge is -2.08. The molecule has 0 radical (unpaired) electrons. The molecular weight excluding hydrogens is 478 g/mol. The Balaban J connectivity index is 0.00000148. The van der Waals surface area contributed by atoms with Crippen molar-refractivity contribution in [1.29, 1.82) is 0 Å². The van der Waals surface area contributed by atoms with Crippen molar-refractivity contribution in [3.8, 4) is 11.3 Å². The van der Waals surface area contributed by atoms with Crippen molar-refractivity contribution in [2.45, 2.75) is 20.4 Å². The zero-order chi connectivity index (χ0) is 25.5. The number of hydrogen-bond acceptors (Lipinski definition) is 8. The topological polar surface area (TPSA) is 136 Å². The second-order valence-corrected chi connectivity index (χ2v) is 7.71. The van der Waals surface area contributed by atoms with Gasteiger partial charge in [-0.25, -0.2) is 9.97 Å². The van der Waals surface area contributed by atoms with Gasteiger partial charge in [-0.05, 0) is 30.3 Å². The number of nitrogen functional groups attached to an aromatic ring is 1. The first kappa shape index (κ1) is 24.6. The Bertz CT molecular complexity index is 1490. The summed E-state index contributed by atoms with van der Waals surface area (Å²) in [6.07, 6.45) is 1.53. The Morgan fingerprint density at radius 2 is 1.83 bits per heavy atom. The second-order valence-electron chi connectivity index (χ2n) is 7.28. The quantitative estimate of drug-likeness (QED) is 0.309. The number of amides is 1. The lowest BCUT2D eigenvalue weighted by molar-refractivity contribution is 0.0945. The Hall–Kier alpha value is -4.57. The molecule has 2 aromatic carbocycles. The molecule has 0 aliphatic rings. The largest absolute Gasteiger partial charge is 0.382 e. The predicted octanol–water partition coefficient (Wildman–Crippen LogP) is 4.52. The summed E-state index contributed by atoms with van der Waals surface area (Å²) >= 11 is 6.05. The number of aromatic nitrogens is 6. The molecule has 0 spiro atoms. The van der Waals surface area contributed by atoms with E-state index in [1.54, 1.807) is 28.8 Å². The normalized spacial score (nSPS) is 10.4. The maximum Gasteiger partial charge on any atom is 0.274 e. The number of nitrogens with one attached hydrogen (secondary N) is 2. The number of carbonyl (C=O) groups excluding carboxylic acids is 1. The molecular formula is C25H24ClN9O. The SMILES string of the molecule is CC.Nc1ncc(-c2ccccc2)nc1C(=O)NCc1nnc2ccc(Nc3cccc(Cl)c3)nn12. The van der Waals surface area contributed by atoms with Crippen LogP contribution in [0.4, 0.5) is 17.3 Å². The van der Waals surface area contributed by atoms with Gasteiger partial charge >= 0.3 is 0 Å². The Morgan fingerprint density at radius 3 is 2.61 bits per heavy atom. The van der Waals surface area contributed by atoms with Crippen molar-refractivity contribution in [3.63, 3.8) is 0 Å². The van der Waals surface area contributed by atoms with E-state index >= 15 is 0 Å². The summed E-state index contributed by atoms with van der Waals surface area (Å²) in [7, 11) is 0. The van der Waals surface area contributed by atoms with Gasteiger partial charge in [0.1, 0.15) is 0 Å². The maximum absolute atomic E-state index is 12.8. The van der Waals surface area contributed by atoms with Gasteiger partial charge in [0.25, 0.3) is 5.91 Å². The van der Waals surface area contributed by atoms with E-state index in [2.05, 4.69) is 35.9 Å². The standard InChI is InChI=1S/C23H18ClN9O.C2H6/c24-15-7-4-8-16(11-15)28-18-9-10-19-30-31-20(33(19)32-18)13-27-23(34)21-22(25)26-12-17(29-21)14-5-2-1-3-6-14;1-2/h1-12H,13H2,(H2,25,26)(H,27,34)(H,28,32);1-2H3. The minimum Gasteiger partial charge on any atom is -0.382 e. The van der Waals surface area contributed by atoms with Gasteiger partial charge in [-0.15, -0.1) is 15.3 Å². The van der Waals surface area contributed by atoms with Crippen LogP contribution in [0.5, 0.6) is 0 Å². The van der Waals surface area contributed by atoms with Gasteiger partial charge in [0, 0.05) is 16.3 Å². The molecule has 3 heterocycles. The highest BCUT2D eigenvalue weighted by Crippen LogP contribution is 2.20. The van der Waals surface area contributed by atoms with Gasteiger partial charge in [-0.2, -0.15) is 4.52 Å². The lowest BCUT2D eigenvalue weighted by atomic mass is 10.1. The predicted molar refractivity (Wildman–Crippen MR) is 140 cm³/mol. The van der Waals surface area contributed by atoms with Crippen molar-refractivity contribution in [1.82, 2.24) is 35.1 Å². The van der Waals surface area contributed by atoms with Gasteiger partial charge in [0.15, 0.2) is 28.8 Å². The molecule has 0 saturated heterocycles. The van der Waals surface area contributed by atoms with Crippen LogP contribution in [0.3, 0.4) is 0 Å². The highest BCUT2D eigenvalue weighted by atomic mass is 35.5. The van der Waals surface area contributed by atoms with Crippen LogP contribution < -0.4 is 16.4 Å². The summed E-state index contributed by atoms with van der Waals surface area (Å²) in [5, 5.41) is 19.3. The molecule has 10 nitrogen and oxygen atoms in total. The van der Waals surface area contributed by atoms with E-state index < -0.39 is 5.91 Å². The fourth-order valence-electron chi connectivity index (χ4n) is 3.28. The molecule has 11 heteroatoms. The van der Waals surface area contributed by atoms with Crippen molar-refractivity contribution in [3.05, 3.63) is 89.5 Å². The molecule has 1 amide bonds. The van der Waals surface area contributed by atoms with E-state index in [1.165, 1.54) is 6.20 Å². The summed E-state index contributed by atoms with van der Waals surface area (Å²) in [5.41, 5.74) is 8.65. The molecule has 5 aromatic rings. The molecule has 0 atom stereocenters. The van der Waals surface area contributed by atoms with Crippen molar-refractivity contribution in [2.75, 3.05) is 11.1 Å². The van der Waals surface area contributed by atoms with Gasteiger partial charge in [0.05, 0.1) is 18.4 Å². The van der Waals surface area contributed by atoms with Crippen LogP contribution in [0, 0.1) is 0 Å². The average molecular weight is 502 g/mol. The first-order chi connectivity index (χ1) is 17.6. The van der Waals surface area contributed by atoms with Crippen LogP contribution in [-0.4, -0.2) is 35.7 Å². The molecule has 0 aliphatic heterocycles. The summed E-state index contributed by atoms with van der Waals surface area (Å²) in [5.74, 6) is 0.554. The Morgan fingerprint density at radius 1 is 1.03 bits per heavy atom. The molecule has 4 N–H and O–H groups in total. The van der Waals surface area contributed by atoms with Crippen LogP contribution in [-0.2, 0) is 6.54 Å². The van der Waals surface area contributed by atoms with Gasteiger partial charge in [-0.3, -0.25) is 4.79 Å². The molecule has 182 valence electrons. The summed E-state index contributed by atoms with van der Waals surface area (Å²) in [6, 6.07) is 20.3. The molecule has 5 rings (SSSR count). The summed E-state index contributed by atoms with van der Waals surface area (Å²) in [4.78, 5) is 21.3. The monoisotopic (exact) mass is 501 g/mol. The number of rotatable bonds is 6. The first-order valence-electron chi connectivity index (χ1n) is 11.3. The minimum atomic E-state index is -0.479. The number of fused-ring (bicyclic) bond motifs is 1. The Kier molecular flexibility index (Phi) is 7.66. The summed E-state index contributed by atoms with van der Waals surface area (Å²) in [6.45, 7) is 4.06. The summed E-state index contributed by atoms with van der Waals surface area (Å²) < 4.78 is 1.54. The van der Waals surface area contributed by atoms with Crippen LogP contribution in [0.15, 0.2) is 72.9 Å². The zero-order valence-electron chi connectivity index (χ0n) is 19.7. The molecule has 0 bridgehead atoms. The molecule has 0 saturated carbocycles. The minimum absolute atomic E-state index is 0.0337. The Labute approximate surface area is 212 Å². The smallest absolute Gasteiger partial charge is 0.274 e. The molecule has 0 unspecified atom stereocenters. The number of halogens is 1. The fraction of sp³-hybridized carbons (Fsp3) is 0.120. The number of hydrogen-bond donors (Lipinski definition) is 3. The maximum atomic E-state index is 12.8. The first-order valence-corrected chi connectivity index (χ1v) is 11.6. The van der Waals surface area contributed by atoms with Crippen LogP contribution >= 0.6 is 11.6 Å². The number of anilines is 3. The lowest BCUT2D eigenvalue weighted by Crippen LogP contribution is -2.26. The third-order valence-corrected chi connectivity index (χ3v) is 5.15. The van der Waals surface area contributed by atoms with Crippen LogP contribution in [0.2, 0.25) is 5.02 Å². The van der Waals surface area contributed by atoms with Crippen molar-refractivity contribution < 1.29 is 4.79 Å². The third kappa shape index (κ3) is 5.56. The molecule has 36 heavy (non-hydrogen) atoms. The number of benzene rings is 2. The number of carbonyl (C=O) groups is 1. The van der Waals surface area contributed by atoms with E-state index in [0.29, 0.717) is 28.0 Å². The third-order valence-electron chi connectivity index (χ3n) is 4.92. The van der Waals surface area contributed by atoms with Crippen LogP contribution in [0.1, 0.15) is 30.2 Å². The van der Waals surface area contributed by atoms with E-state index in [0.717, 1.165) is 11.3 Å². The van der Waals surface area contributed by atoms with Crippen LogP contribution in [0.25, 0.3) is 16.9 Å². The van der Waals surface area contributed by atoms with E-state index in [1.807, 2.05) is 56.3 Å². The van der Waals surface area contributed by atoms with Crippen molar-refractivity contribution >= 4 is 40.5 Å². The number of nitrogens with zero attached hydrogens (tertiary/aromatic N) is 6. The molecule has 0 fully saturated rings. The average Bonchev–Trinajstić information content (AvgIpc) is 3.31. The van der Waals surface area contributed by atoms with E-state index in [4.69, 9.17) is 17.3 Å². The van der Waals surface area contributed by atoms with Gasteiger partial charge in [0.2, 0.25) is 0 Å². The van der Waals surface area contributed by atoms with E-state index in [9.17, 15) is 4.79 Å². The highest BCUT2D eigenvalue weighted by molar-refractivity contribution is 6.30. The van der Waals surface area contributed by atoms with Gasteiger partial charge in [-0.1, -0.05) is 61.8 Å². The second kappa shape index (κ2) is 11.2. The zero-order valence-corrected chi connectivity index (χ0v) is 20.4.